The second-order valence-electron chi connectivity index (χ2n) is 7.86. The molecule has 0 spiro atoms. The summed E-state index contributed by atoms with van der Waals surface area (Å²) in [7, 11) is 0. The summed E-state index contributed by atoms with van der Waals surface area (Å²) in [5.41, 5.74) is 3.47. The van der Waals surface area contributed by atoms with Crippen LogP contribution in [-0.4, -0.2) is 25.9 Å². The van der Waals surface area contributed by atoms with E-state index in [0.29, 0.717) is 29.7 Å². The number of rotatable bonds is 6. The van der Waals surface area contributed by atoms with Gasteiger partial charge in [0.05, 0.1) is 18.3 Å². The molecular formula is C25H22N4O3. The number of hydrogen-bond acceptors (Lipinski definition) is 4. The van der Waals surface area contributed by atoms with Crippen molar-refractivity contribution in [1.29, 1.82) is 0 Å². The maximum Gasteiger partial charge on any atom is 0.276 e. The molecule has 32 heavy (non-hydrogen) atoms. The number of nitrogens with one attached hydrogen (secondary N) is 1. The molecule has 5 aromatic rings. The Hall–Kier alpha value is -4.13. The van der Waals surface area contributed by atoms with Crippen molar-refractivity contribution in [2.75, 3.05) is 0 Å². The number of aromatic nitrogens is 3. The normalized spacial score (nSPS) is 12.3. The molecule has 1 unspecified atom stereocenters. The number of carbonyl (C=O) groups is 1. The zero-order valence-electron chi connectivity index (χ0n) is 17.6. The van der Waals surface area contributed by atoms with E-state index in [1.54, 1.807) is 29.2 Å². The summed E-state index contributed by atoms with van der Waals surface area (Å²) in [6.07, 6.45) is 5.80. The fraction of sp³-hybridized carbons (Fsp3) is 0.160. The number of carbonyl (C=O) groups excluding carboxylic acids is 1. The third kappa shape index (κ3) is 3.69. The first-order valence-electron chi connectivity index (χ1n) is 10.5. The van der Waals surface area contributed by atoms with Gasteiger partial charge < -0.3 is 14.1 Å². The molecule has 1 amide bonds. The monoisotopic (exact) mass is 426 g/mol. The third-order valence-corrected chi connectivity index (χ3v) is 5.52. The van der Waals surface area contributed by atoms with Gasteiger partial charge in [-0.15, -0.1) is 0 Å². The van der Waals surface area contributed by atoms with Gasteiger partial charge in [0.15, 0.2) is 5.65 Å². The molecule has 4 aromatic heterocycles. The lowest BCUT2D eigenvalue weighted by atomic mass is 10.1. The van der Waals surface area contributed by atoms with Gasteiger partial charge in [0.25, 0.3) is 11.5 Å². The Bertz CT molecular complexity index is 1450. The molecule has 0 aliphatic heterocycles. The van der Waals surface area contributed by atoms with E-state index in [9.17, 15) is 9.59 Å². The number of fused-ring (bicyclic) bond motifs is 3. The zero-order valence-corrected chi connectivity index (χ0v) is 17.6. The standard InChI is InChI=1S/C25H22N4O3/c1-17(15-20-5-4-14-32-20)27-24(30)19-10-8-18(9-11-19)16-29-23-21(6-2-12-26-23)28-13-3-7-22(28)25(29)31/h2-14,17H,15-16H2,1H3,(H,27,30). The summed E-state index contributed by atoms with van der Waals surface area (Å²) in [6.45, 7) is 2.31. The van der Waals surface area contributed by atoms with Gasteiger partial charge in [0.1, 0.15) is 11.3 Å². The molecule has 0 radical (unpaired) electrons. The van der Waals surface area contributed by atoms with Crippen molar-refractivity contribution in [3.8, 4) is 0 Å². The molecule has 5 rings (SSSR count). The summed E-state index contributed by atoms with van der Waals surface area (Å²) in [5.74, 6) is 0.689. The topological polar surface area (TPSA) is 81.5 Å². The molecule has 4 heterocycles. The first-order chi connectivity index (χ1) is 15.6. The molecular weight excluding hydrogens is 404 g/mol. The van der Waals surface area contributed by atoms with Gasteiger partial charge in [-0.3, -0.25) is 14.2 Å². The summed E-state index contributed by atoms with van der Waals surface area (Å²) in [4.78, 5) is 30.1. The Kier molecular flexibility index (Phi) is 5.07. The van der Waals surface area contributed by atoms with Crippen LogP contribution in [-0.2, 0) is 13.0 Å². The molecule has 0 saturated heterocycles. The lowest BCUT2D eigenvalue weighted by molar-refractivity contribution is 0.0939. The Labute approximate surface area is 183 Å². The van der Waals surface area contributed by atoms with Gasteiger partial charge in [0, 0.05) is 30.4 Å². The summed E-state index contributed by atoms with van der Waals surface area (Å²) >= 11 is 0. The van der Waals surface area contributed by atoms with Crippen LogP contribution in [0.1, 0.15) is 28.6 Å². The van der Waals surface area contributed by atoms with Gasteiger partial charge in [-0.05, 0) is 61.0 Å². The van der Waals surface area contributed by atoms with E-state index >= 15 is 0 Å². The highest BCUT2D eigenvalue weighted by Crippen LogP contribution is 2.15. The van der Waals surface area contributed by atoms with E-state index in [0.717, 1.165) is 16.8 Å². The van der Waals surface area contributed by atoms with Gasteiger partial charge in [0.2, 0.25) is 0 Å². The van der Waals surface area contributed by atoms with E-state index in [4.69, 9.17) is 4.42 Å². The van der Waals surface area contributed by atoms with E-state index in [1.165, 1.54) is 0 Å². The number of amides is 1. The minimum Gasteiger partial charge on any atom is -0.469 e. The molecule has 1 N–H and O–H groups in total. The van der Waals surface area contributed by atoms with Crippen molar-refractivity contribution < 1.29 is 9.21 Å². The van der Waals surface area contributed by atoms with Gasteiger partial charge in [-0.2, -0.15) is 0 Å². The SMILES string of the molecule is CC(Cc1ccco1)NC(=O)c1ccc(Cn2c(=O)c3cccn3c3cccnc32)cc1. The van der Waals surface area contributed by atoms with E-state index < -0.39 is 0 Å². The zero-order chi connectivity index (χ0) is 22.1. The van der Waals surface area contributed by atoms with Crippen LogP contribution in [0.2, 0.25) is 0 Å². The van der Waals surface area contributed by atoms with Crippen molar-refractivity contribution in [3.05, 3.63) is 107 Å². The van der Waals surface area contributed by atoms with Crippen LogP contribution in [0.25, 0.3) is 16.7 Å². The average Bonchev–Trinajstić information content (AvgIpc) is 3.49. The lowest BCUT2D eigenvalue weighted by Gasteiger charge is -2.14. The molecule has 7 heteroatoms. The number of hydrogen-bond donors (Lipinski definition) is 1. The fourth-order valence-electron chi connectivity index (χ4n) is 3.96. The van der Waals surface area contributed by atoms with Crippen molar-refractivity contribution in [2.24, 2.45) is 0 Å². The summed E-state index contributed by atoms with van der Waals surface area (Å²) in [6, 6.07) is 18.4. The second kappa shape index (κ2) is 8.19. The molecule has 0 aliphatic carbocycles. The quantitative estimate of drug-likeness (QED) is 0.449. The van der Waals surface area contributed by atoms with Crippen LogP contribution in [0.5, 0.6) is 0 Å². The first kappa shape index (κ1) is 19.8. The highest BCUT2D eigenvalue weighted by atomic mass is 16.3. The van der Waals surface area contributed by atoms with Crippen molar-refractivity contribution in [3.63, 3.8) is 0 Å². The summed E-state index contributed by atoms with van der Waals surface area (Å²) < 4.78 is 8.87. The van der Waals surface area contributed by atoms with Gasteiger partial charge in [-0.1, -0.05) is 12.1 Å². The number of furan rings is 1. The van der Waals surface area contributed by atoms with E-state index in [2.05, 4.69) is 10.3 Å². The molecule has 1 atom stereocenters. The maximum absolute atomic E-state index is 13.1. The highest BCUT2D eigenvalue weighted by molar-refractivity contribution is 5.94. The van der Waals surface area contributed by atoms with E-state index in [1.807, 2.05) is 66.1 Å². The molecule has 0 saturated carbocycles. The number of benzene rings is 1. The Morgan fingerprint density at radius 3 is 2.66 bits per heavy atom. The maximum atomic E-state index is 13.1. The second-order valence-corrected chi connectivity index (χ2v) is 7.86. The third-order valence-electron chi connectivity index (χ3n) is 5.52. The van der Waals surface area contributed by atoms with Crippen LogP contribution in [0, 0.1) is 0 Å². The number of pyridine rings is 1. The minimum absolute atomic E-state index is 0.0573. The van der Waals surface area contributed by atoms with Crippen LogP contribution in [0.3, 0.4) is 0 Å². The van der Waals surface area contributed by atoms with Crippen LogP contribution in [0.4, 0.5) is 0 Å². The Morgan fingerprint density at radius 1 is 1.06 bits per heavy atom. The molecule has 7 nitrogen and oxygen atoms in total. The lowest BCUT2D eigenvalue weighted by Crippen LogP contribution is -2.34. The molecule has 160 valence electrons. The molecule has 0 bridgehead atoms. The average molecular weight is 426 g/mol. The number of nitrogens with zero attached hydrogens (tertiary/aromatic N) is 3. The highest BCUT2D eigenvalue weighted by Gasteiger charge is 2.14. The van der Waals surface area contributed by atoms with Crippen molar-refractivity contribution in [2.45, 2.75) is 25.9 Å². The van der Waals surface area contributed by atoms with Crippen LogP contribution >= 0.6 is 0 Å². The minimum atomic E-state index is -0.144. The molecule has 0 aliphatic rings. The predicted octanol–water partition coefficient (Wildman–Crippen LogP) is 3.65. The molecule has 1 aromatic carbocycles. The van der Waals surface area contributed by atoms with Crippen LogP contribution < -0.4 is 10.9 Å². The Balaban J connectivity index is 1.37. The molecule has 0 fully saturated rings. The largest absolute Gasteiger partial charge is 0.469 e. The van der Waals surface area contributed by atoms with Gasteiger partial charge >= 0.3 is 0 Å². The van der Waals surface area contributed by atoms with Crippen molar-refractivity contribution >= 4 is 22.6 Å². The van der Waals surface area contributed by atoms with Crippen molar-refractivity contribution in [1.82, 2.24) is 19.3 Å². The predicted molar refractivity (Wildman–Crippen MR) is 122 cm³/mol. The van der Waals surface area contributed by atoms with Crippen LogP contribution in [0.15, 0.2) is 88.5 Å². The smallest absolute Gasteiger partial charge is 0.276 e. The summed E-state index contributed by atoms with van der Waals surface area (Å²) in [5, 5.41) is 2.99. The van der Waals surface area contributed by atoms with Gasteiger partial charge in [-0.25, -0.2) is 4.98 Å². The Morgan fingerprint density at radius 2 is 1.88 bits per heavy atom. The first-order valence-corrected chi connectivity index (χ1v) is 10.5. The van der Waals surface area contributed by atoms with E-state index in [-0.39, 0.29) is 17.5 Å². The fourth-order valence-corrected chi connectivity index (χ4v) is 3.96.